The first-order valence-electron chi connectivity index (χ1n) is 4.77. The van der Waals surface area contributed by atoms with E-state index in [1.54, 1.807) is 0 Å². The molecule has 6 heteroatoms. The monoisotopic (exact) mass is 256 g/mol. The van der Waals surface area contributed by atoms with Gasteiger partial charge >= 0.3 is 0 Å². The molecule has 0 radical (unpaired) electrons. The van der Waals surface area contributed by atoms with Crippen molar-refractivity contribution < 1.29 is 0 Å². The van der Waals surface area contributed by atoms with Crippen molar-refractivity contribution in [2.45, 2.75) is 0 Å². The van der Waals surface area contributed by atoms with E-state index in [1.165, 1.54) is 0 Å². The van der Waals surface area contributed by atoms with Crippen molar-refractivity contribution in [3.63, 3.8) is 0 Å². The highest BCUT2D eigenvalue weighted by Gasteiger charge is 2.26. The Morgan fingerprint density at radius 1 is 1.25 bits per heavy atom. The molecular formula is C10H10Cl2N4. The molecule has 0 saturated carbocycles. The Morgan fingerprint density at radius 3 is 2.50 bits per heavy atom. The number of nitriles is 1. The summed E-state index contributed by atoms with van der Waals surface area (Å²) in [5, 5.41) is 9.54. The van der Waals surface area contributed by atoms with E-state index in [-0.39, 0.29) is 10.2 Å². The fourth-order valence-corrected chi connectivity index (χ4v) is 2.11. The van der Waals surface area contributed by atoms with Gasteiger partial charge in [0.2, 0.25) is 0 Å². The lowest BCUT2D eigenvalue weighted by molar-refractivity contribution is 0.781. The molecule has 2 rings (SSSR count). The van der Waals surface area contributed by atoms with Gasteiger partial charge in [-0.2, -0.15) is 5.26 Å². The summed E-state index contributed by atoms with van der Waals surface area (Å²) in [6.45, 7) is 1.68. The molecule has 0 atom stereocenters. The van der Waals surface area contributed by atoms with Gasteiger partial charge in [0, 0.05) is 27.2 Å². The summed E-state index contributed by atoms with van der Waals surface area (Å²) < 4.78 is 0. The van der Waals surface area contributed by atoms with E-state index < -0.39 is 0 Å². The Balaban J connectivity index is 2.75. The Bertz CT molecular complexity index is 481. The molecule has 0 fully saturated rings. The van der Waals surface area contributed by atoms with Crippen LogP contribution < -0.4 is 9.80 Å². The normalized spacial score (nSPS) is 14.7. The molecule has 4 nitrogen and oxygen atoms in total. The molecular weight excluding hydrogens is 247 g/mol. The molecule has 0 bridgehead atoms. The lowest BCUT2D eigenvalue weighted by Gasteiger charge is -2.34. The number of hydrogen-bond acceptors (Lipinski definition) is 4. The minimum absolute atomic E-state index is 0.180. The number of hydrogen-bond donors (Lipinski definition) is 0. The summed E-state index contributed by atoms with van der Waals surface area (Å²) in [4.78, 5) is 8.17. The van der Waals surface area contributed by atoms with Gasteiger partial charge in [-0.3, -0.25) is 0 Å². The second-order valence-corrected chi connectivity index (χ2v) is 4.45. The van der Waals surface area contributed by atoms with Gasteiger partial charge in [0.1, 0.15) is 11.6 Å². The molecule has 0 N–H and O–H groups in total. The molecule has 1 aromatic heterocycles. The topological polar surface area (TPSA) is 43.2 Å². The maximum absolute atomic E-state index is 9.14. The molecule has 0 aromatic carbocycles. The maximum atomic E-state index is 9.14. The van der Waals surface area contributed by atoms with Crippen LogP contribution in [0.2, 0.25) is 10.2 Å². The number of aromatic nitrogens is 1. The van der Waals surface area contributed by atoms with Crippen molar-refractivity contribution in [1.82, 2.24) is 4.98 Å². The van der Waals surface area contributed by atoms with Crippen molar-refractivity contribution in [1.29, 1.82) is 5.26 Å². The molecule has 1 aromatic rings. The van der Waals surface area contributed by atoms with Crippen molar-refractivity contribution in [2.75, 3.05) is 37.0 Å². The number of rotatable bonds is 0. The fraction of sp³-hybridized carbons (Fsp3) is 0.400. The zero-order valence-electron chi connectivity index (χ0n) is 8.96. The zero-order chi connectivity index (χ0) is 11.9. The Labute approximate surface area is 104 Å². The molecule has 1 aliphatic heterocycles. The number of pyridine rings is 1. The SMILES string of the molecule is CN1CCN(C)c2c1nc(Cl)c(Cl)c2C#N. The fourth-order valence-electron chi connectivity index (χ4n) is 1.76. The minimum Gasteiger partial charge on any atom is -0.369 e. The molecule has 0 amide bonds. The van der Waals surface area contributed by atoms with E-state index in [9.17, 15) is 0 Å². The van der Waals surface area contributed by atoms with Gasteiger partial charge < -0.3 is 9.80 Å². The van der Waals surface area contributed by atoms with Gasteiger partial charge in [0.15, 0.2) is 11.0 Å². The first kappa shape index (κ1) is 11.3. The van der Waals surface area contributed by atoms with Gasteiger partial charge in [-0.25, -0.2) is 4.98 Å². The zero-order valence-corrected chi connectivity index (χ0v) is 10.5. The van der Waals surface area contributed by atoms with Crippen molar-refractivity contribution in [3.05, 3.63) is 15.7 Å². The third-order valence-corrected chi connectivity index (χ3v) is 3.42. The Morgan fingerprint density at radius 2 is 1.88 bits per heavy atom. The molecule has 0 spiro atoms. The number of fused-ring (bicyclic) bond motifs is 1. The number of likely N-dealkylation sites (N-methyl/N-ethyl adjacent to an activating group) is 2. The molecule has 1 aliphatic rings. The van der Waals surface area contributed by atoms with Crippen LogP contribution in [0.15, 0.2) is 0 Å². The highest BCUT2D eigenvalue weighted by Crippen LogP contribution is 2.39. The van der Waals surface area contributed by atoms with Crippen LogP contribution in [0.5, 0.6) is 0 Å². The average molecular weight is 257 g/mol. The first-order valence-corrected chi connectivity index (χ1v) is 5.53. The summed E-state index contributed by atoms with van der Waals surface area (Å²) in [5.41, 5.74) is 1.15. The summed E-state index contributed by atoms with van der Waals surface area (Å²) in [7, 11) is 3.84. The summed E-state index contributed by atoms with van der Waals surface area (Å²) in [5.74, 6) is 0.708. The molecule has 0 saturated heterocycles. The smallest absolute Gasteiger partial charge is 0.155 e. The Kier molecular flexibility index (Phi) is 2.83. The minimum atomic E-state index is 0.180. The number of anilines is 2. The van der Waals surface area contributed by atoms with Crippen LogP contribution >= 0.6 is 23.2 Å². The van der Waals surface area contributed by atoms with E-state index in [0.717, 1.165) is 18.8 Å². The van der Waals surface area contributed by atoms with Crippen LogP contribution in [0.25, 0.3) is 0 Å². The van der Waals surface area contributed by atoms with Crippen molar-refractivity contribution in [3.8, 4) is 6.07 Å². The molecule has 0 unspecified atom stereocenters. The Hall–Kier alpha value is -1.18. The molecule has 0 aliphatic carbocycles. The standard InChI is InChI=1S/C10H10Cl2N4/c1-15-3-4-16(2)10-8(15)6(5-13)7(11)9(12)14-10/h3-4H2,1-2H3. The summed E-state index contributed by atoms with van der Waals surface area (Å²) in [6, 6.07) is 2.09. The maximum Gasteiger partial charge on any atom is 0.155 e. The predicted molar refractivity (Wildman–Crippen MR) is 65.5 cm³/mol. The summed E-state index contributed by atoms with van der Waals surface area (Å²) in [6.07, 6.45) is 0. The van der Waals surface area contributed by atoms with E-state index in [1.807, 2.05) is 23.9 Å². The second-order valence-electron chi connectivity index (χ2n) is 3.72. The number of nitrogens with zero attached hydrogens (tertiary/aromatic N) is 4. The van der Waals surface area contributed by atoms with Crippen molar-refractivity contribution >= 4 is 34.7 Å². The van der Waals surface area contributed by atoms with E-state index in [2.05, 4.69) is 11.1 Å². The molecule has 84 valence electrons. The van der Waals surface area contributed by atoms with Gasteiger partial charge in [-0.1, -0.05) is 23.2 Å². The third kappa shape index (κ3) is 1.57. The van der Waals surface area contributed by atoms with Crippen LogP contribution in [0, 0.1) is 11.3 Å². The lowest BCUT2D eigenvalue weighted by atomic mass is 10.1. The van der Waals surface area contributed by atoms with Crippen LogP contribution in [-0.2, 0) is 0 Å². The van der Waals surface area contributed by atoms with E-state index in [4.69, 9.17) is 28.5 Å². The van der Waals surface area contributed by atoms with Gasteiger partial charge in [0.25, 0.3) is 0 Å². The second kappa shape index (κ2) is 4.00. The highest BCUT2D eigenvalue weighted by atomic mass is 35.5. The number of halogens is 2. The van der Waals surface area contributed by atoms with Gasteiger partial charge in [-0.05, 0) is 0 Å². The lowest BCUT2D eigenvalue weighted by Crippen LogP contribution is -2.38. The third-order valence-electron chi connectivity index (χ3n) is 2.68. The van der Waals surface area contributed by atoms with Crippen molar-refractivity contribution in [2.24, 2.45) is 0 Å². The van der Waals surface area contributed by atoms with E-state index >= 15 is 0 Å². The van der Waals surface area contributed by atoms with E-state index in [0.29, 0.717) is 11.4 Å². The predicted octanol–water partition coefficient (Wildman–Crippen LogP) is 2.15. The van der Waals surface area contributed by atoms with Crippen LogP contribution in [-0.4, -0.2) is 32.2 Å². The average Bonchev–Trinajstić information content (AvgIpc) is 2.26. The van der Waals surface area contributed by atoms with Crippen LogP contribution in [0.4, 0.5) is 11.5 Å². The first-order chi connectivity index (χ1) is 7.56. The van der Waals surface area contributed by atoms with Crippen LogP contribution in [0.1, 0.15) is 5.56 Å². The van der Waals surface area contributed by atoms with Crippen LogP contribution in [0.3, 0.4) is 0 Å². The highest BCUT2D eigenvalue weighted by molar-refractivity contribution is 6.42. The molecule has 2 heterocycles. The van der Waals surface area contributed by atoms with Gasteiger partial charge in [-0.15, -0.1) is 0 Å². The summed E-state index contributed by atoms with van der Waals surface area (Å²) >= 11 is 11.9. The quantitative estimate of drug-likeness (QED) is 0.668. The molecule has 16 heavy (non-hydrogen) atoms. The van der Waals surface area contributed by atoms with Gasteiger partial charge in [0.05, 0.1) is 10.7 Å². The largest absolute Gasteiger partial charge is 0.369 e.